The maximum Gasteiger partial charge on any atom is 0.315 e. The minimum Gasteiger partial charge on any atom is -0.457 e. The first-order valence-corrected chi connectivity index (χ1v) is 7.25. The maximum absolute atomic E-state index is 12.2. The molecule has 1 saturated carbocycles. The van der Waals surface area contributed by atoms with E-state index in [1.54, 1.807) is 13.1 Å². The number of fused-ring (bicyclic) bond motifs is 1. The lowest BCUT2D eigenvalue weighted by atomic mass is 10.1. The monoisotopic (exact) mass is 325 g/mol. The van der Waals surface area contributed by atoms with Gasteiger partial charge in [-0.2, -0.15) is 0 Å². The van der Waals surface area contributed by atoms with Crippen molar-refractivity contribution in [1.29, 1.82) is 0 Å². The zero-order valence-corrected chi connectivity index (χ0v) is 12.8. The summed E-state index contributed by atoms with van der Waals surface area (Å²) in [7, 11) is 0. The highest BCUT2D eigenvalue weighted by atomic mass is 35.5. The Hall–Kier alpha value is -1.52. The van der Waals surface area contributed by atoms with Gasteiger partial charge in [-0.25, -0.2) is 0 Å². The predicted molar refractivity (Wildman–Crippen MR) is 80.7 cm³/mol. The molecule has 6 heteroatoms. The number of hydrogen-bond acceptors (Lipinski definition) is 3. The minimum absolute atomic E-state index is 0.264. The van der Waals surface area contributed by atoms with E-state index < -0.39 is 15.7 Å². The number of benzene rings is 1. The molecular formula is C15H13Cl2NO3. The summed E-state index contributed by atoms with van der Waals surface area (Å²) < 4.78 is 3.98. The van der Waals surface area contributed by atoms with Crippen molar-refractivity contribution in [2.75, 3.05) is 6.61 Å². The van der Waals surface area contributed by atoms with Crippen LogP contribution in [0, 0.1) is 5.41 Å². The number of para-hydroxylation sites is 1. The second-order valence-electron chi connectivity index (χ2n) is 5.46. The molecule has 0 unspecified atom stereocenters. The second kappa shape index (κ2) is 4.75. The third-order valence-corrected chi connectivity index (χ3v) is 5.03. The van der Waals surface area contributed by atoms with E-state index in [1.807, 2.05) is 24.3 Å². The second-order valence-corrected chi connectivity index (χ2v) is 6.94. The molecule has 21 heavy (non-hydrogen) atoms. The fourth-order valence-electron chi connectivity index (χ4n) is 2.29. The topological polar surface area (TPSA) is 59.2 Å². The van der Waals surface area contributed by atoms with Crippen molar-refractivity contribution in [2.45, 2.75) is 17.7 Å². The highest BCUT2D eigenvalue weighted by Gasteiger charge is 2.69. The summed E-state index contributed by atoms with van der Waals surface area (Å²) in [5, 5.41) is 0.806. The highest BCUT2D eigenvalue weighted by Crippen LogP contribution is 2.64. The summed E-state index contributed by atoms with van der Waals surface area (Å²) >= 11 is 11.8. The zero-order valence-electron chi connectivity index (χ0n) is 11.3. The molecule has 1 aromatic carbocycles. The Labute approximate surface area is 131 Å². The number of aromatic nitrogens is 1. The lowest BCUT2D eigenvalue weighted by molar-refractivity contribution is -0.148. The Balaban J connectivity index is 1.69. The number of aromatic amines is 1. The number of ketones is 1. The molecular weight excluding hydrogens is 313 g/mol. The number of ether oxygens (including phenoxy) is 1. The van der Waals surface area contributed by atoms with E-state index in [2.05, 4.69) is 4.98 Å². The van der Waals surface area contributed by atoms with Gasteiger partial charge in [0.1, 0.15) is 9.75 Å². The Bertz CT molecular complexity index is 737. The van der Waals surface area contributed by atoms with E-state index >= 15 is 0 Å². The third kappa shape index (κ3) is 2.32. The van der Waals surface area contributed by atoms with Gasteiger partial charge in [0.2, 0.25) is 5.78 Å². The largest absolute Gasteiger partial charge is 0.457 e. The number of carbonyl (C=O) groups is 2. The normalized spacial score (nSPS) is 23.0. The molecule has 1 atom stereocenters. The van der Waals surface area contributed by atoms with Crippen LogP contribution in [0.2, 0.25) is 0 Å². The van der Waals surface area contributed by atoms with Crippen LogP contribution in [0.5, 0.6) is 0 Å². The molecule has 0 radical (unpaired) electrons. The standard InChI is InChI=1S/C15H13Cl2NO3/c1-14(8-15(14,16)17)13(20)21-7-12(19)10-6-18-11-5-3-2-4-9(10)11/h2-6,18H,7-8H2,1H3/t14-/m0/s1. The number of H-pyrrole nitrogens is 1. The van der Waals surface area contributed by atoms with Crippen LogP contribution < -0.4 is 0 Å². The number of Topliss-reactive ketones (excluding diaryl/α,β-unsaturated/α-hetero) is 1. The van der Waals surface area contributed by atoms with Gasteiger partial charge in [0.05, 0.1) is 0 Å². The number of alkyl halides is 2. The molecule has 110 valence electrons. The fourth-order valence-corrected chi connectivity index (χ4v) is 2.98. The van der Waals surface area contributed by atoms with Gasteiger partial charge in [-0.1, -0.05) is 18.2 Å². The summed E-state index contributed by atoms with van der Waals surface area (Å²) in [6.07, 6.45) is 1.95. The van der Waals surface area contributed by atoms with E-state index in [1.165, 1.54) is 0 Å². The van der Waals surface area contributed by atoms with Crippen LogP contribution in [0.3, 0.4) is 0 Å². The molecule has 1 aromatic heterocycles. The summed E-state index contributed by atoms with van der Waals surface area (Å²) in [6.45, 7) is 1.31. The number of hydrogen-bond donors (Lipinski definition) is 1. The molecule has 1 fully saturated rings. The van der Waals surface area contributed by atoms with Crippen molar-refractivity contribution >= 4 is 45.9 Å². The van der Waals surface area contributed by atoms with Gasteiger partial charge < -0.3 is 9.72 Å². The van der Waals surface area contributed by atoms with Crippen molar-refractivity contribution in [3.8, 4) is 0 Å². The van der Waals surface area contributed by atoms with E-state index in [9.17, 15) is 9.59 Å². The van der Waals surface area contributed by atoms with Crippen molar-refractivity contribution in [2.24, 2.45) is 5.41 Å². The first-order chi connectivity index (χ1) is 9.85. The van der Waals surface area contributed by atoms with Crippen LogP contribution in [0.15, 0.2) is 30.5 Å². The summed E-state index contributed by atoms with van der Waals surface area (Å²) in [6, 6.07) is 7.44. The van der Waals surface area contributed by atoms with Crippen molar-refractivity contribution < 1.29 is 14.3 Å². The number of carbonyl (C=O) groups excluding carboxylic acids is 2. The lowest BCUT2D eigenvalue weighted by Gasteiger charge is -2.11. The van der Waals surface area contributed by atoms with Crippen LogP contribution >= 0.6 is 23.2 Å². The SMILES string of the molecule is C[C@@]1(C(=O)OCC(=O)c2c[nH]c3ccccc23)CC1(Cl)Cl. The highest BCUT2D eigenvalue weighted by molar-refractivity contribution is 6.53. The first kappa shape index (κ1) is 14.4. The first-order valence-electron chi connectivity index (χ1n) is 6.49. The van der Waals surface area contributed by atoms with Gasteiger partial charge >= 0.3 is 5.97 Å². The van der Waals surface area contributed by atoms with Gasteiger partial charge in [-0.15, -0.1) is 23.2 Å². The number of rotatable bonds is 4. The molecule has 2 aromatic rings. The Morgan fingerprint density at radius 2 is 2.00 bits per heavy atom. The summed E-state index contributed by atoms with van der Waals surface area (Å²) in [5.41, 5.74) is 0.445. The lowest BCUT2D eigenvalue weighted by Crippen LogP contribution is -2.24. The number of esters is 1. The molecule has 1 aliphatic carbocycles. The fraction of sp³-hybridized carbons (Fsp3) is 0.333. The molecule has 0 saturated heterocycles. The molecule has 0 amide bonds. The van der Waals surface area contributed by atoms with E-state index in [-0.39, 0.29) is 12.4 Å². The quantitative estimate of drug-likeness (QED) is 0.532. The van der Waals surface area contributed by atoms with Gasteiger partial charge in [0.25, 0.3) is 0 Å². The number of halogens is 2. The summed E-state index contributed by atoms with van der Waals surface area (Å²) in [5.74, 6) is -0.805. The summed E-state index contributed by atoms with van der Waals surface area (Å²) in [4.78, 5) is 27.1. The Morgan fingerprint density at radius 3 is 2.67 bits per heavy atom. The predicted octanol–water partition coefficient (Wildman–Crippen LogP) is 3.48. The average molecular weight is 326 g/mol. The molecule has 1 N–H and O–H groups in total. The van der Waals surface area contributed by atoms with Gasteiger partial charge in [0.15, 0.2) is 6.61 Å². The van der Waals surface area contributed by atoms with Crippen LogP contribution in [0.4, 0.5) is 0 Å². The van der Waals surface area contributed by atoms with Gasteiger partial charge in [-0.3, -0.25) is 9.59 Å². The van der Waals surface area contributed by atoms with Crippen LogP contribution in [0.1, 0.15) is 23.7 Å². The van der Waals surface area contributed by atoms with Gasteiger partial charge in [-0.05, 0) is 13.0 Å². The van der Waals surface area contributed by atoms with E-state index in [0.717, 1.165) is 10.9 Å². The molecule has 4 nitrogen and oxygen atoms in total. The molecule has 1 heterocycles. The van der Waals surface area contributed by atoms with E-state index in [0.29, 0.717) is 12.0 Å². The molecule has 3 rings (SSSR count). The molecule has 0 spiro atoms. The molecule has 0 bridgehead atoms. The van der Waals surface area contributed by atoms with Crippen molar-refractivity contribution in [1.82, 2.24) is 4.98 Å². The third-order valence-electron chi connectivity index (χ3n) is 3.93. The Kier molecular flexibility index (Phi) is 3.26. The van der Waals surface area contributed by atoms with Crippen LogP contribution in [-0.2, 0) is 9.53 Å². The van der Waals surface area contributed by atoms with Crippen LogP contribution in [-0.4, -0.2) is 27.7 Å². The minimum atomic E-state index is -1.09. The smallest absolute Gasteiger partial charge is 0.315 e. The van der Waals surface area contributed by atoms with Crippen molar-refractivity contribution in [3.63, 3.8) is 0 Å². The molecule has 1 aliphatic rings. The average Bonchev–Trinajstić information content (AvgIpc) is 2.82. The van der Waals surface area contributed by atoms with Crippen molar-refractivity contribution in [3.05, 3.63) is 36.0 Å². The zero-order chi connectivity index (χ0) is 15.3. The van der Waals surface area contributed by atoms with Crippen LogP contribution in [0.25, 0.3) is 10.9 Å². The van der Waals surface area contributed by atoms with E-state index in [4.69, 9.17) is 27.9 Å². The molecule has 0 aliphatic heterocycles. The van der Waals surface area contributed by atoms with Gasteiger partial charge in [0, 0.05) is 29.1 Å². The maximum atomic E-state index is 12.2. The number of nitrogens with one attached hydrogen (secondary N) is 1. The Morgan fingerprint density at radius 1 is 1.33 bits per heavy atom.